The van der Waals surface area contributed by atoms with Crippen molar-refractivity contribution in [3.63, 3.8) is 0 Å². The zero-order valence-electron chi connectivity index (χ0n) is 12.9. The number of rotatable bonds is 4. The van der Waals surface area contributed by atoms with Gasteiger partial charge in [-0.25, -0.2) is 9.18 Å². The number of hydrogen-bond acceptors (Lipinski definition) is 5. The van der Waals surface area contributed by atoms with Crippen LogP contribution >= 0.6 is 11.8 Å². The lowest BCUT2D eigenvalue weighted by Crippen LogP contribution is -2.42. The number of nitrogen functional groups attached to an aromatic ring is 1. The van der Waals surface area contributed by atoms with E-state index in [2.05, 4.69) is 0 Å². The highest BCUT2D eigenvalue weighted by atomic mass is 32.2. The van der Waals surface area contributed by atoms with Crippen molar-refractivity contribution < 1.29 is 9.18 Å². The molecular formula is C15H16FN3O3S. The smallest absolute Gasteiger partial charge is 0.332 e. The Bertz CT molecular complexity index is 889. The van der Waals surface area contributed by atoms with Crippen molar-refractivity contribution >= 4 is 23.4 Å². The van der Waals surface area contributed by atoms with Gasteiger partial charge in [0.2, 0.25) is 0 Å². The fraction of sp³-hybridized carbons (Fsp3) is 0.267. The van der Waals surface area contributed by atoms with Crippen LogP contribution in [0.15, 0.2) is 38.8 Å². The van der Waals surface area contributed by atoms with Crippen LogP contribution in [0.2, 0.25) is 0 Å². The van der Waals surface area contributed by atoms with E-state index < -0.39 is 28.1 Å². The largest absolute Gasteiger partial charge is 0.384 e. The van der Waals surface area contributed by atoms with Gasteiger partial charge in [0, 0.05) is 19.0 Å². The summed E-state index contributed by atoms with van der Waals surface area (Å²) in [5, 5.41) is -0.737. The lowest BCUT2D eigenvalue weighted by atomic mass is 10.1. The standard InChI is InChI=1S/C15H16FN3O3S/c1-8(23-10-7-5-4-6-9(10)16)12(20)11-13(17)18(2)15(22)19(3)14(11)21/h4-8H,17H2,1-3H3. The molecule has 6 nitrogen and oxygen atoms in total. The first-order chi connectivity index (χ1) is 10.8. The van der Waals surface area contributed by atoms with Crippen LogP contribution in [0.5, 0.6) is 0 Å². The first-order valence-corrected chi connectivity index (χ1v) is 7.64. The van der Waals surface area contributed by atoms with E-state index in [1.807, 2.05) is 0 Å². The summed E-state index contributed by atoms with van der Waals surface area (Å²) in [7, 11) is 2.65. The van der Waals surface area contributed by atoms with Crippen molar-refractivity contribution in [1.82, 2.24) is 9.13 Å². The number of anilines is 1. The molecule has 1 unspecified atom stereocenters. The number of thioether (sulfide) groups is 1. The van der Waals surface area contributed by atoms with Crippen LogP contribution in [0.3, 0.4) is 0 Å². The zero-order chi connectivity index (χ0) is 17.3. The Morgan fingerprint density at radius 1 is 1.22 bits per heavy atom. The molecule has 8 heteroatoms. The predicted octanol–water partition coefficient (Wildman–Crippen LogP) is 1.17. The lowest BCUT2D eigenvalue weighted by Gasteiger charge is -2.14. The van der Waals surface area contributed by atoms with Gasteiger partial charge in [-0.2, -0.15) is 0 Å². The summed E-state index contributed by atoms with van der Waals surface area (Å²) in [5.41, 5.74) is 4.14. The van der Waals surface area contributed by atoms with Crippen molar-refractivity contribution in [2.24, 2.45) is 14.1 Å². The van der Waals surface area contributed by atoms with Crippen molar-refractivity contribution in [1.29, 1.82) is 0 Å². The molecule has 0 aliphatic carbocycles. The second kappa shape index (κ2) is 6.41. The summed E-state index contributed by atoms with van der Waals surface area (Å²) in [4.78, 5) is 36.8. The number of Topliss-reactive ketones (excluding diaryl/α,β-unsaturated/α-hetero) is 1. The van der Waals surface area contributed by atoms with Crippen LogP contribution < -0.4 is 17.0 Å². The van der Waals surface area contributed by atoms with Crippen molar-refractivity contribution in [2.75, 3.05) is 5.73 Å². The Hall–Kier alpha value is -2.35. The number of hydrogen-bond donors (Lipinski definition) is 1. The van der Waals surface area contributed by atoms with Crippen LogP contribution in [0, 0.1) is 5.82 Å². The van der Waals surface area contributed by atoms with Gasteiger partial charge in [0.25, 0.3) is 5.56 Å². The Morgan fingerprint density at radius 2 is 1.83 bits per heavy atom. The number of ketones is 1. The number of nitrogens with zero attached hydrogens (tertiary/aromatic N) is 2. The van der Waals surface area contributed by atoms with Gasteiger partial charge >= 0.3 is 5.69 Å². The van der Waals surface area contributed by atoms with E-state index in [1.54, 1.807) is 25.1 Å². The fourth-order valence-corrected chi connectivity index (χ4v) is 3.02. The van der Waals surface area contributed by atoms with Crippen LogP contribution in [-0.2, 0) is 14.1 Å². The number of halogens is 1. The topological polar surface area (TPSA) is 87.1 Å². The average molecular weight is 337 g/mol. The Kier molecular flexibility index (Phi) is 4.74. The molecule has 2 N–H and O–H groups in total. The van der Waals surface area contributed by atoms with Crippen molar-refractivity contribution in [3.05, 3.63) is 56.5 Å². The van der Waals surface area contributed by atoms with Gasteiger partial charge in [-0.05, 0) is 19.1 Å². The third kappa shape index (κ3) is 3.07. The maximum atomic E-state index is 13.7. The monoisotopic (exact) mass is 337 g/mol. The summed E-state index contributed by atoms with van der Waals surface area (Å²) in [5.74, 6) is -1.19. The van der Waals surface area contributed by atoms with Gasteiger partial charge in [0.05, 0.1) is 5.25 Å². The summed E-state index contributed by atoms with van der Waals surface area (Å²) in [6.07, 6.45) is 0. The van der Waals surface area contributed by atoms with Gasteiger partial charge < -0.3 is 5.73 Å². The van der Waals surface area contributed by atoms with Gasteiger partial charge in [-0.1, -0.05) is 12.1 Å². The number of aromatic nitrogens is 2. The first kappa shape index (κ1) is 17.0. The summed E-state index contributed by atoms with van der Waals surface area (Å²) < 4.78 is 15.5. The van der Waals surface area contributed by atoms with E-state index in [4.69, 9.17) is 5.73 Å². The third-order valence-electron chi connectivity index (χ3n) is 3.47. The lowest BCUT2D eigenvalue weighted by molar-refractivity contribution is 0.0992. The molecule has 1 atom stereocenters. The molecule has 0 spiro atoms. The highest BCUT2D eigenvalue weighted by Gasteiger charge is 2.25. The summed E-state index contributed by atoms with van der Waals surface area (Å²) >= 11 is 0.991. The molecule has 0 aliphatic heterocycles. The summed E-state index contributed by atoms with van der Waals surface area (Å²) in [6.45, 7) is 1.56. The minimum Gasteiger partial charge on any atom is -0.384 e. The molecule has 1 aromatic carbocycles. The van der Waals surface area contributed by atoms with E-state index in [9.17, 15) is 18.8 Å². The van der Waals surface area contributed by atoms with Gasteiger partial charge in [-0.3, -0.25) is 18.7 Å². The van der Waals surface area contributed by atoms with E-state index in [0.29, 0.717) is 4.90 Å². The number of carbonyl (C=O) groups is 1. The Morgan fingerprint density at radius 3 is 2.43 bits per heavy atom. The summed E-state index contributed by atoms with van der Waals surface area (Å²) in [6, 6.07) is 6.04. The molecule has 122 valence electrons. The maximum Gasteiger partial charge on any atom is 0.332 e. The molecule has 0 amide bonds. The van der Waals surface area contributed by atoms with Crippen LogP contribution in [0.4, 0.5) is 10.2 Å². The Balaban J connectivity index is 2.44. The quantitative estimate of drug-likeness (QED) is 0.668. The highest BCUT2D eigenvalue weighted by Crippen LogP contribution is 2.27. The van der Waals surface area contributed by atoms with Crippen LogP contribution in [0.25, 0.3) is 0 Å². The molecule has 0 fully saturated rings. The van der Waals surface area contributed by atoms with Crippen molar-refractivity contribution in [2.45, 2.75) is 17.1 Å². The van der Waals surface area contributed by atoms with Gasteiger partial charge in [0.15, 0.2) is 5.78 Å². The molecule has 0 aliphatic rings. The number of carbonyl (C=O) groups excluding carboxylic acids is 1. The zero-order valence-corrected chi connectivity index (χ0v) is 13.7. The molecule has 0 saturated carbocycles. The van der Waals surface area contributed by atoms with Crippen LogP contribution in [-0.4, -0.2) is 20.2 Å². The molecule has 2 rings (SSSR count). The molecule has 1 aromatic heterocycles. The second-order valence-electron chi connectivity index (χ2n) is 5.02. The third-order valence-corrected chi connectivity index (χ3v) is 4.62. The van der Waals surface area contributed by atoms with Crippen molar-refractivity contribution in [3.8, 4) is 0 Å². The minimum atomic E-state index is -0.753. The molecule has 0 bridgehead atoms. The first-order valence-electron chi connectivity index (χ1n) is 6.76. The minimum absolute atomic E-state index is 0.191. The van der Waals surface area contributed by atoms with E-state index >= 15 is 0 Å². The highest BCUT2D eigenvalue weighted by molar-refractivity contribution is 8.00. The molecule has 0 radical (unpaired) electrons. The molecule has 0 saturated heterocycles. The van der Waals surface area contributed by atoms with Gasteiger partial charge in [0.1, 0.15) is 17.2 Å². The molecule has 2 aromatic rings. The second-order valence-corrected chi connectivity index (χ2v) is 6.40. The Labute approximate surface area is 135 Å². The van der Waals surface area contributed by atoms with Gasteiger partial charge in [-0.15, -0.1) is 11.8 Å². The van der Waals surface area contributed by atoms with Crippen LogP contribution in [0.1, 0.15) is 17.3 Å². The normalized spacial score (nSPS) is 12.2. The molecule has 23 heavy (non-hydrogen) atoms. The van der Waals surface area contributed by atoms with E-state index in [1.165, 1.54) is 20.2 Å². The molecular weight excluding hydrogens is 321 g/mol. The number of nitrogens with two attached hydrogens (primary N) is 1. The fourth-order valence-electron chi connectivity index (χ4n) is 2.08. The van der Waals surface area contributed by atoms with E-state index in [-0.39, 0.29) is 11.4 Å². The molecule has 1 heterocycles. The van der Waals surface area contributed by atoms with E-state index in [0.717, 1.165) is 20.9 Å². The maximum absolute atomic E-state index is 13.7. The SMILES string of the molecule is CC(Sc1ccccc1F)C(=O)c1c(N)n(C)c(=O)n(C)c1=O. The average Bonchev–Trinajstić information content (AvgIpc) is 2.53. The predicted molar refractivity (Wildman–Crippen MR) is 87.4 cm³/mol. The number of benzene rings is 1.